The second-order valence-corrected chi connectivity index (χ2v) is 6.69. The summed E-state index contributed by atoms with van der Waals surface area (Å²) in [7, 11) is 1.63. The van der Waals surface area contributed by atoms with Crippen LogP contribution in [0.15, 0.2) is 34.9 Å². The minimum atomic E-state index is -0.341. The van der Waals surface area contributed by atoms with E-state index in [9.17, 15) is 4.79 Å². The smallest absolute Gasteiger partial charge is 0.256 e. The van der Waals surface area contributed by atoms with Gasteiger partial charge in [0.25, 0.3) is 5.91 Å². The molecule has 1 fully saturated rings. The van der Waals surface area contributed by atoms with E-state index in [-0.39, 0.29) is 18.1 Å². The molecule has 0 saturated carbocycles. The zero-order valence-electron chi connectivity index (χ0n) is 14.3. The number of amides is 1. The highest BCUT2D eigenvalue weighted by Crippen LogP contribution is 2.35. The second-order valence-electron chi connectivity index (χ2n) is 6.25. The summed E-state index contributed by atoms with van der Waals surface area (Å²) < 4.78 is 11.0. The van der Waals surface area contributed by atoms with Gasteiger partial charge in [0.05, 0.1) is 17.2 Å². The Morgan fingerprint density at radius 1 is 1.38 bits per heavy atom. The number of ether oxygens (including phenoxy) is 1. The van der Waals surface area contributed by atoms with Gasteiger partial charge in [-0.1, -0.05) is 17.7 Å². The summed E-state index contributed by atoms with van der Waals surface area (Å²) in [6, 6.07) is 6.79. The average Bonchev–Trinajstić information content (AvgIpc) is 3.26. The summed E-state index contributed by atoms with van der Waals surface area (Å²) in [5.74, 6) is 0.689. The second kappa shape index (κ2) is 6.66. The molecule has 0 aliphatic carbocycles. The fraction of sp³-hybridized carbons (Fsp3) is 0.333. The van der Waals surface area contributed by atoms with Crippen LogP contribution >= 0.6 is 11.6 Å². The number of fused-ring (bicyclic) bond motifs is 1. The van der Waals surface area contributed by atoms with Gasteiger partial charge in [-0.15, -0.1) is 10.2 Å². The number of halogens is 1. The Balaban J connectivity index is 1.77. The van der Waals surface area contributed by atoms with Gasteiger partial charge >= 0.3 is 0 Å². The largest absolute Gasteiger partial charge is 0.423 e. The zero-order chi connectivity index (χ0) is 18.3. The lowest BCUT2D eigenvalue weighted by Gasteiger charge is -2.22. The highest BCUT2D eigenvalue weighted by atomic mass is 35.5. The molecule has 2 atom stereocenters. The van der Waals surface area contributed by atoms with Crippen LogP contribution in [0.1, 0.15) is 34.6 Å². The Hall–Kier alpha value is -2.51. The van der Waals surface area contributed by atoms with E-state index in [0.29, 0.717) is 40.8 Å². The molecule has 0 spiro atoms. The number of carbonyl (C=O) groups excluding carboxylic acids is 1. The Morgan fingerprint density at radius 3 is 2.96 bits per heavy atom. The predicted octanol–water partition coefficient (Wildman–Crippen LogP) is 3.18. The lowest BCUT2D eigenvalue weighted by molar-refractivity contribution is 0.0675. The Morgan fingerprint density at radius 2 is 2.23 bits per heavy atom. The number of methoxy groups -OCH3 is 1. The molecule has 1 aromatic carbocycles. The molecule has 1 saturated heterocycles. The summed E-state index contributed by atoms with van der Waals surface area (Å²) in [6.45, 7) is 2.15. The highest BCUT2D eigenvalue weighted by molar-refractivity contribution is 6.32. The molecule has 7 nitrogen and oxygen atoms in total. The third-order valence-corrected chi connectivity index (χ3v) is 4.80. The molecule has 8 heteroatoms. The molecule has 2 aromatic heterocycles. The fourth-order valence-electron chi connectivity index (χ4n) is 3.35. The molecule has 3 aromatic rings. The van der Waals surface area contributed by atoms with Crippen molar-refractivity contribution in [2.75, 3.05) is 13.7 Å². The quantitative estimate of drug-likeness (QED) is 0.702. The molecule has 26 heavy (non-hydrogen) atoms. The highest BCUT2D eigenvalue weighted by Gasteiger charge is 2.40. The van der Waals surface area contributed by atoms with Crippen molar-refractivity contribution in [3.8, 4) is 0 Å². The maximum atomic E-state index is 13.3. The third-order valence-electron chi connectivity index (χ3n) is 4.58. The van der Waals surface area contributed by atoms with E-state index in [1.807, 2.05) is 12.1 Å². The maximum absolute atomic E-state index is 13.3. The van der Waals surface area contributed by atoms with Crippen LogP contribution in [0.5, 0.6) is 0 Å². The van der Waals surface area contributed by atoms with E-state index in [0.717, 1.165) is 5.39 Å². The number of carbonyl (C=O) groups is 1. The van der Waals surface area contributed by atoms with Crippen molar-refractivity contribution in [3.63, 3.8) is 0 Å². The number of hydrogen-bond acceptors (Lipinski definition) is 6. The molecule has 0 radical (unpaired) electrons. The molecule has 4 rings (SSSR count). The van der Waals surface area contributed by atoms with Crippen LogP contribution in [-0.4, -0.2) is 45.7 Å². The van der Waals surface area contributed by atoms with Gasteiger partial charge in [0.15, 0.2) is 0 Å². The van der Waals surface area contributed by atoms with E-state index < -0.39 is 0 Å². The van der Waals surface area contributed by atoms with Crippen LogP contribution in [0.2, 0.25) is 5.02 Å². The molecule has 0 unspecified atom stereocenters. The van der Waals surface area contributed by atoms with Crippen molar-refractivity contribution in [1.29, 1.82) is 0 Å². The molecule has 1 aliphatic rings. The van der Waals surface area contributed by atoms with Gasteiger partial charge in [-0.3, -0.25) is 9.78 Å². The normalized spacial score (nSPS) is 20.0. The van der Waals surface area contributed by atoms with Crippen LogP contribution in [0.25, 0.3) is 10.9 Å². The number of aromatic nitrogens is 3. The summed E-state index contributed by atoms with van der Waals surface area (Å²) >= 11 is 6.22. The molecular formula is C18H17ClN4O3. The Labute approximate surface area is 154 Å². The van der Waals surface area contributed by atoms with Crippen molar-refractivity contribution < 1.29 is 13.9 Å². The molecule has 1 amide bonds. The topological polar surface area (TPSA) is 81.4 Å². The van der Waals surface area contributed by atoms with Gasteiger partial charge < -0.3 is 14.1 Å². The summed E-state index contributed by atoms with van der Waals surface area (Å²) in [6.07, 6.45) is 2.15. The average molecular weight is 373 g/mol. The molecule has 1 aliphatic heterocycles. The molecule has 0 N–H and O–H groups in total. The fourth-order valence-corrected chi connectivity index (χ4v) is 3.57. The number of rotatable bonds is 3. The van der Waals surface area contributed by atoms with Crippen LogP contribution in [0.4, 0.5) is 0 Å². The summed E-state index contributed by atoms with van der Waals surface area (Å²) in [4.78, 5) is 19.4. The van der Waals surface area contributed by atoms with Gasteiger partial charge in [0.1, 0.15) is 6.04 Å². The van der Waals surface area contributed by atoms with Crippen LogP contribution in [0, 0.1) is 6.92 Å². The Kier molecular flexibility index (Phi) is 4.34. The predicted molar refractivity (Wildman–Crippen MR) is 95.0 cm³/mol. The summed E-state index contributed by atoms with van der Waals surface area (Å²) in [5.41, 5.74) is 1.06. The van der Waals surface area contributed by atoms with Crippen molar-refractivity contribution in [1.82, 2.24) is 20.1 Å². The molecule has 3 heterocycles. The number of benzene rings is 1. The Bertz CT molecular complexity index is 974. The molecular weight excluding hydrogens is 356 g/mol. The maximum Gasteiger partial charge on any atom is 0.256 e. The van der Waals surface area contributed by atoms with Crippen LogP contribution in [-0.2, 0) is 4.74 Å². The minimum absolute atomic E-state index is 0.102. The molecule has 0 bridgehead atoms. The van der Waals surface area contributed by atoms with Gasteiger partial charge in [0, 0.05) is 43.6 Å². The van der Waals surface area contributed by atoms with Crippen molar-refractivity contribution >= 4 is 28.4 Å². The number of likely N-dealkylation sites (tertiary alicyclic amines) is 1. The van der Waals surface area contributed by atoms with Crippen molar-refractivity contribution in [2.45, 2.75) is 25.5 Å². The van der Waals surface area contributed by atoms with E-state index in [1.54, 1.807) is 37.3 Å². The van der Waals surface area contributed by atoms with E-state index in [1.165, 1.54) is 0 Å². The standard InChI is InChI=1S/C18H17ClN4O3/c1-10-21-22-17(26-10)15-8-13(25-2)9-23(15)18(24)14-7-12(19)6-11-4-3-5-20-16(11)14/h3-7,13,15H,8-9H2,1-2H3/t13-,15+/m0/s1. The van der Waals surface area contributed by atoms with Crippen molar-refractivity contribution in [2.24, 2.45) is 0 Å². The lowest BCUT2D eigenvalue weighted by Crippen LogP contribution is -2.32. The zero-order valence-corrected chi connectivity index (χ0v) is 15.1. The first-order chi connectivity index (χ1) is 12.6. The number of nitrogens with zero attached hydrogens (tertiary/aromatic N) is 4. The monoisotopic (exact) mass is 372 g/mol. The van der Waals surface area contributed by atoms with E-state index >= 15 is 0 Å². The lowest BCUT2D eigenvalue weighted by atomic mass is 10.1. The SMILES string of the molecule is CO[C@H]1C[C@H](c2nnc(C)o2)N(C(=O)c2cc(Cl)cc3cccnc23)C1. The van der Waals surface area contributed by atoms with Gasteiger partial charge in [0.2, 0.25) is 11.8 Å². The van der Waals surface area contributed by atoms with Crippen LogP contribution < -0.4 is 0 Å². The van der Waals surface area contributed by atoms with Crippen molar-refractivity contribution in [3.05, 3.63) is 52.8 Å². The van der Waals surface area contributed by atoms with E-state index in [4.69, 9.17) is 20.8 Å². The first-order valence-corrected chi connectivity index (χ1v) is 8.62. The number of aryl methyl sites for hydroxylation is 1. The third kappa shape index (κ3) is 2.93. The molecule has 134 valence electrons. The summed E-state index contributed by atoms with van der Waals surface area (Å²) in [5, 5.41) is 9.28. The van der Waals surface area contributed by atoms with Gasteiger partial charge in [-0.05, 0) is 18.2 Å². The number of pyridine rings is 1. The number of hydrogen-bond donors (Lipinski definition) is 0. The minimum Gasteiger partial charge on any atom is -0.423 e. The van der Waals surface area contributed by atoms with Gasteiger partial charge in [-0.2, -0.15) is 0 Å². The van der Waals surface area contributed by atoms with Gasteiger partial charge in [-0.25, -0.2) is 0 Å². The van der Waals surface area contributed by atoms with Crippen LogP contribution in [0.3, 0.4) is 0 Å². The first kappa shape index (κ1) is 16.9. The first-order valence-electron chi connectivity index (χ1n) is 8.25. The van der Waals surface area contributed by atoms with E-state index in [2.05, 4.69) is 15.2 Å².